The van der Waals surface area contributed by atoms with Crippen molar-refractivity contribution in [3.05, 3.63) is 33.8 Å². The zero-order valence-electron chi connectivity index (χ0n) is 10.4. The van der Waals surface area contributed by atoms with Crippen molar-refractivity contribution in [2.24, 2.45) is 5.73 Å². The summed E-state index contributed by atoms with van der Waals surface area (Å²) in [5, 5.41) is 0. The van der Waals surface area contributed by atoms with Gasteiger partial charge in [0.15, 0.2) is 0 Å². The smallest absolute Gasteiger partial charge is 0.222 e. The Hall–Kier alpha value is -0.870. The predicted octanol–water partition coefficient (Wildman–Crippen LogP) is 2.45. The molecule has 0 saturated heterocycles. The number of nitrogens with two attached hydrogens (primary N) is 1. The first kappa shape index (κ1) is 14.2. The maximum absolute atomic E-state index is 11.8. The van der Waals surface area contributed by atoms with Crippen LogP contribution >= 0.6 is 15.9 Å². The summed E-state index contributed by atoms with van der Waals surface area (Å²) >= 11 is 3.45. The summed E-state index contributed by atoms with van der Waals surface area (Å²) in [4.78, 5) is 13.5. The van der Waals surface area contributed by atoms with Gasteiger partial charge in [0.2, 0.25) is 5.91 Å². The van der Waals surface area contributed by atoms with Crippen LogP contribution in [-0.2, 0) is 11.3 Å². The zero-order valence-corrected chi connectivity index (χ0v) is 12.0. The molecule has 0 saturated carbocycles. The number of carbonyl (C=O) groups is 1. The molecule has 1 aromatic carbocycles. The summed E-state index contributed by atoms with van der Waals surface area (Å²) in [5.74, 6) is 0.148. The summed E-state index contributed by atoms with van der Waals surface area (Å²) in [6, 6.07) is 6.12. The Morgan fingerprint density at radius 1 is 1.47 bits per heavy atom. The van der Waals surface area contributed by atoms with E-state index in [0.717, 1.165) is 10.9 Å². The van der Waals surface area contributed by atoms with Gasteiger partial charge in [0.1, 0.15) is 0 Å². The molecular formula is C13H19BrN2O. The van der Waals surface area contributed by atoms with E-state index >= 15 is 0 Å². The van der Waals surface area contributed by atoms with Gasteiger partial charge in [0.25, 0.3) is 0 Å². The minimum absolute atomic E-state index is 0.148. The van der Waals surface area contributed by atoms with Crippen LogP contribution in [0.2, 0.25) is 0 Å². The standard InChI is InChI=1S/C13H19BrN2O/c1-10-5-6-12(14)8-11(10)9-16(2)13(17)4-3-7-15/h5-6,8H,3-4,7,9,15H2,1-2H3. The van der Waals surface area contributed by atoms with Gasteiger partial charge < -0.3 is 10.6 Å². The molecule has 17 heavy (non-hydrogen) atoms. The molecule has 1 amide bonds. The predicted molar refractivity (Wildman–Crippen MR) is 73.6 cm³/mol. The monoisotopic (exact) mass is 298 g/mol. The van der Waals surface area contributed by atoms with Crippen molar-refractivity contribution in [3.63, 3.8) is 0 Å². The highest BCUT2D eigenvalue weighted by Gasteiger charge is 2.10. The number of hydrogen-bond donors (Lipinski definition) is 1. The molecule has 0 aromatic heterocycles. The Morgan fingerprint density at radius 2 is 2.18 bits per heavy atom. The van der Waals surface area contributed by atoms with Gasteiger partial charge in [-0.2, -0.15) is 0 Å². The van der Waals surface area contributed by atoms with Crippen molar-refractivity contribution in [3.8, 4) is 0 Å². The second kappa shape index (κ2) is 6.77. The molecule has 1 rings (SSSR count). The first-order chi connectivity index (χ1) is 8.04. The topological polar surface area (TPSA) is 46.3 Å². The zero-order chi connectivity index (χ0) is 12.8. The van der Waals surface area contributed by atoms with Crippen molar-refractivity contribution in [1.29, 1.82) is 0 Å². The van der Waals surface area contributed by atoms with E-state index in [1.807, 2.05) is 13.1 Å². The molecule has 0 heterocycles. The lowest BCUT2D eigenvalue weighted by atomic mass is 10.1. The average molecular weight is 299 g/mol. The van der Waals surface area contributed by atoms with Crippen LogP contribution in [0.15, 0.2) is 22.7 Å². The fraction of sp³-hybridized carbons (Fsp3) is 0.462. The van der Waals surface area contributed by atoms with Crippen LogP contribution in [0.3, 0.4) is 0 Å². The largest absolute Gasteiger partial charge is 0.341 e. The normalized spacial score (nSPS) is 10.4. The minimum Gasteiger partial charge on any atom is -0.341 e. The molecule has 0 aliphatic rings. The van der Waals surface area contributed by atoms with Crippen molar-refractivity contribution in [1.82, 2.24) is 4.90 Å². The van der Waals surface area contributed by atoms with Crippen LogP contribution in [0.1, 0.15) is 24.0 Å². The molecule has 94 valence electrons. The molecule has 0 bridgehead atoms. The summed E-state index contributed by atoms with van der Waals surface area (Å²) in [7, 11) is 1.83. The Kier molecular flexibility index (Phi) is 5.65. The van der Waals surface area contributed by atoms with Crippen LogP contribution in [0.4, 0.5) is 0 Å². The van der Waals surface area contributed by atoms with Crippen molar-refractivity contribution in [2.75, 3.05) is 13.6 Å². The number of rotatable bonds is 5. The maximum atomic E-state index is 11.8. The third kappa shape index (κ3) is 4.48. The lowest BCUT2D eigenvalue weighted by Crippen LogP contribution is -2.26. The third-order valence-electron chi connectivity index (χ3n) is 2.74. The highest BCUT2D eigenvalue weighted by atomic mass is 79.9. The van der Waals surface area contributed by atoms with E-state index < -0.39 is 0 Å². The van der Waals surface area contributed by atoms with Gasteiger partial charge in [-0.1, -0.05) is 22.0 Å². The maximum Gasteiger partial charge on any atom is 0.222 e. The summed E-state index contributed by atoms with van der Waals surface area (Å²) < 4.78 is 1.04. The number of nitrogens with zero attached hydrogens (tertiary/aromatic N) is 1. The van der Waals surface area contributed by atoms with E-state index in [0.29, 0.717) is 19.5 Å². The van der Waals surface area contributed by atoms with Gasteiger partial charge in [-0.25, -0.2) is 0 Å². The SMILES string of the molecule is Cc1ccc(Br)cc1CN(C)C(=O)CCCN. The molecule has 0 atom stereocenters. The molecule has 3 nitrogen and oxygen atoms in total. The minimum atomic E-state index is 0.148. The van der Waals surface area contributed by atoms with E-state index in [1.165, 1.54) is 11.1 Å². The Balaban J connectivity index is 2.64. The first-order valence-electron chi connectivity index (χ1n) is 5.73. The van der Waals surface area contributed by atoms with Crippen LogP contribution in [0.25, 0.3) is 0 Å². The highest BCUT2D eigenvalue weighted by Crippen LogP contribution is 2.17. The number of carbonyl (C=O) groups excluding carboxylic acids is 1. The van der Waals surface area contributed by atoms with Crippen molar-refractivity contribution in [2.45, 2.75) is 26.3 Å². The van der Waals surface area contributed by atoms with Crippen LogP contribution in [-0.4, -0.2) is 24.4 Å². The van der Waals surface area contributed by atoms with E-state index in [4.69, 9.17) is 5.73 Å². The third-order valence-corrected chi connectivity index (χ3v) is 3.23. The van der Waals surface area contributed by atoms with Crippen LogP contribution in [0, 0.1) is 6.92 Å². The van der Waals surface area contributed by atoms with E-state index in [1.54, 1.807) is 4.90 Å². The van der Waals surface area contributed by atoms with Crippen LogP contribution in [0.5, 0.6) is 0 Å². The van der Waals surface area contributed by atoms with Gasteiger partial charge in [-0.15, -0.1) is 0 Å². The molecular weight excluding hydrogens is 280 g/mol. The molecule has 4 heteroatoms. The number of benzene rings is 1. The van der Waals surface area contributed by atoms with Crippen LogP contribution < -0.4 is 5.73 Å². The van der Waals surface area contributed by atoms with Gasteiger partial charge >= 0.3 is 0 Å². The Labute approximate surface area is 111 Å². The lowest BCUT2D eigenvalue weighted by Gasteiger charge is -2.18. The van der Waals surface area contributed by atoms with E-state index in [-0.39, 0.29) is 5.91 Å². The van der Waals surface area contributed by atoms with Gasteiger partial charge in [-0.3, -0.25) is 4.79 Å². The molecule has 1 aromatic rings. The molecule has 0 radical (unpaired) electrons. The molecule has 0 unspecified atom stereocenters. The number of amides is 1. The summed E-state index contributed by atoms with van der Waals surface area (Å²) in [6.45, 7) is 3.27. The van der Waals surface area contributed by atoms with Gasteiger partial charge in [-0.05, 0) is 43.1 Å². The fourth-order valence-corrected chi connectivity index (χ4v) is 2.01. The quantitative estimate of drug-likeness (QED) is 0.908. The number of aryl methyl sites for hydroxylation is 1. The molecule has 0 fully saturated rings. The highest BCUT2D eigenvalue weighted by molar-refractivity contribution is 9.10. The Bertz CT molecular complexity index is 393. The number of hydrogen-bond acceptors (Lipinski definition) is 2. The first-order valence-corrected chi connectivity index (χ1v) is 6.53. The summed E-state index contributed by atoms with van der Waals surface area (Å²) in [5.41, 5.74) is 7.77. The Morgan fingerprint density at radius 3 is 2.82 bits per heavy atom. The summed E-state index contributed by atoms with van der Waals surface area (Å²) in [6.07, 6.45) is 1.28. The molecule has 0 aliphatic carbocycles. The van der Waals surface area contributed by atoms with Gasteiger partial charge in [0, 0.05) is 24.5 Å². The number of halogens is 1. The molecule has 0 aliphatic heterocycles. The van der Waals surface area contributed by atoms with Gasteiger partial charge in [0.05, 0.1) is 0 Å². The molecule has 2 N–H and O–H groups in total. The fourth-order valence-electron chi connectivity index (χ4n) is 1.60. The lowest BCUT2D eigenvalue weighted by molar-refractivity contribution is -0.130. The second-order valence-electron chi connectivity index (χ2n) is 4.21. The van der Waals surface area contributed by atoms with Crippen molar-refractivity contribution >= 4 is 21.8 Å². The van der Waals surface area contributed by atoms with E-state index in [2.05, 4.69) is 35.0 Å². The second-order valence-corrected chi connectivity index (χ2v) is 5.13. The average Bonchev–Trinajstić information content (AvgIpc) is 2.30. The van der Waals surface area contributed by atoms with E-state index in [9.17, 15) is 4.79 Å². The van der Waals surface area contributed by atoms with Crippen molar-refractivity contribution < 1.29 is 4.79 Å². The molecule has 0 spiro atoms.